The van der Waals surface area contributed by atoms with Crippen LogP contribution in [-0.4, -0.2) is 41.0 Å². The van der Waals surface area contributed by atoms with E-state index >= 15 is 0 Å². The molecule has 0 saturated carbocycles. The molecule has 1 aliphatic rings. The molecule has 0 aliphatic heterocycles. The van der Waals surface area contributed by atoms with Crippen molar-refractivity contribution in [2.24, 2.45) is 0 Å². The van der Waals surface area contributed by atoms with Crippen LogP contribution >= 0.6 is 11.6 Å². The van der Waals surface area contributed by atoms with Crippen LogP contribution in [0, 0.1) is 0 Å². The predicted molar refractivity (Wildman–Crippen MR) is 125 cm³/mol. The van der Waals surface area contributed by atoms with E-state index in [0.29, 0.717) is 5.95 Å². The first kappa shape index (κ1) is 20.8. The smallest absolute Gasteiger partial charge is 0.223 e. The van der Waals surface area contributed by atoms with Crippen LogP contribution in [0.15, 0.2) is 54.7 Å². The Labute approximate surface area is 184 Å². The van der Waals surface area contributed by atoms with Gasteiger partial charge in [0.25, 0.3) is 0 Å². The Bertz CT molecular complexity index is 1000. The lowest BCUT2D eigenvalue weighted by Gasteiger charge is -2.28. The zero-order valence-corrected chi connectivity index (χ0v) is 18.5. The average Bonchev–Trinajstić information content (AvgIpc) is 2.79. The van der Waals surface area contributed by atoms with Crippen LogP contribution < -0.4 is 5.32 Å². The van der Waals surface area contributed by atoms with Gasteiger partial charge in [0.05, 0.1) is 5.69 Å². The molecule has 156 valence electrons. The van der Waals surface area contributed by atoms with Crippen molar-refractivity contribution in [1.82, 2.24) is 14.9 Å². The van der Waals surface area contributed by atoms with Gasteiger partial charge in [-0.25, -0.2) is 9.97 Å². The first-order valence-electron chi connectivity index (χ1n) is 10.9. The molecule has 0 radical (unpaired) electrons. The van der Waals surface area contributed by atoms with Gasteiger partial charge in [-0.05, 0) is 55.2 Å². The number of benzene rings is 2. The highest BCUT2D eigenvalue weighted by molar-refractivity contribution is 6.31. The lowest BCUT2D eigenvalue weighted by atomic mass is 9.78. The maximum atomic E-state index is 6.55. The Kier molecular flexibility index (Phi) is 6.66. The van der Waals surface area contributed by atoms with Crippen molar-refractivity contribution < 1.29 is 0 Å². The molecule has 1 unspecified atom stereocenters. The van der Waals surface area contributed by atoms with Gasteiger partial charge in [0.2, 0.25) is 5.95 Å². The highest BCUT2D eigenvalue weighted by Crippen LogP contribution is 2.43. The van der Waals surface area contributed by atoms with Crippen molar-refractivity contribution in [3.8, 4) is 11.3 Å². The summed E-state index contributed by atoms with van der Waals surface area (Å²) in [7, 11) is 0. The Balaban J connectivity index is 1.56. The van der Waals surface area contributed by atoms with Gasteiger partial charge in [-0.3, -0.25) is 0 Å². The van der Waals surface area contributed by atoms with E-state index in [1.807, 2.05) is 18.3 Å². The van der Waals surface area contributed by atoms with E-state index in [-0.39, 0.29) is 5.92 Å². The molecule has 3 aromatic rings. The van der Waals surface area contributed by atoms with Gasteiger partial charge >= 0.3 is 0 Å². The fraction of sp³-hybridized carbons (Fsp3) is 0.360. The molecule has 0 fully saturated rings. The Morgan fingerprint density at radius 1 is 1.03 bits per heavy atom. The van der Waals surface area contributed by atoms with Crippen LogP contribution in [0.3, 0.4) is 0 Å². The maximum absolute atomic E-state index is 6.55. The average molecular weight is 421 g/mol. The Hall–Kier alpha value is -2.43. The van der Waals surface area contributed by atoms with Gasteiger partial charge in [-0.1, -0.05) is 67.9 Å². The van der Waals surface area contributed by atoms with Crippen LogP contribution in [0.5, 0.6) is 0 Å². The van der Waals surface area contributed by atoms with E-state index in [1.165, 1.54) is 16.7 Å². The fourth-order valence-corrected chi connectivity index (χ4v) is 4.57. The Morgan fingerprint density at radius 3 is 2.53 bits per heavy atom. The topological polar surface area (TPSA) is 41.0 Å². The molecule has 2 aromatic carbocycles. The number of hydrogen-bond acceptors (Lipinski definition) is 4. The summed E-state index contributed by atoms with van der Waals surface area (Å²) in [4.78, 5) is 11.9. The van der Waals surface area contributed by atoms with E-state index in [4.69, 9.17) is 16.6 Å². The monoisotopic (exact) mass is 420 g/mol. The van der Waals surface area contributed by atoms with Crippen molar-refractivity contribution in [3.05, 3.63) is 76.4 Å². The highest BCUT2D eigenvalue weighted by atomic mass is 35.5. The molecule has 0 bridgehead atoms. The second-order valence-electron chi connectivity index (χ2n) is 7.74. The normalized spacial score (nSPS) is 15.0. The minimum absolute atomic E-state index is 0.221. The summed E-state index contributed by atoms with van der Waals surface area (Å²) >= 11 is 6.55. The van der Waals surface area contributed by atoms with Crippen LogP contribution in [0.1, 0.15) is 42.9 Å². The lowest BCUT2D eigenvalue weighted by Crippen LogP contribution is -2.25. The second kappa shape index (κ2) is 9.59. The summed E-state index contributed by atoms with van der Waals surface area (Å²) in [5.41, 5.74) is 5.83. The highest BCUT2D eigenvalue weighted by Gasteiger charge is 2.28. The standard InChI is InChI=1S/C25H29ClN4/c1-3-30(4-2)15-9-14-27-25-28-17-18-16-22(20-11-7-8-13-23(20)26)19-10-5-6-12-21(19)24(18)29-25/h5-8,10-13,17,22H,3-4,9,14-16H2,1-2H3,(H,27,28,29). The molecule has 0 amide bonds. The third-order valence-electron chi connectivity index (χ3n) is 5.99. The minimum Gasteiger partial charge on any atom is -0.354 e. The zero-order chi connectivity index (χ0) is 20.9. The number of anilines is 1. The third-order valence-corrected chi connectivity index (χ3v) is 6.33. The quantitative estimate of drug-likeness (QED) is 0.479. The number of rotatable bonds is 8. The molecule has 4 rings (SSSR count). The van der Waals surface area contributed by atoms with Gasteiger partial charge in [-0.2, -0.15) is 0 Å². The largest absolute Gasteiger partial charge is 0.354 e. The molecular weight excluding hydrogens is 392 g/mol. The first-order chi connectivity index (χ1) is 14.7. The summed E-state index contributed by atoms with van der Waals surface area (Å²) in [6.07, 6.45) is 3.92. The van der Waals surface area contributed by atoms with E-state index in [0.717, 1.165) is 55.3 Å². The van der Waals surface area contributed by atoms with Crippen molar-refractivity contribution in [3.63, 3.8) is 0 Å². The summed E-state index contributed by atoms with van der Waals surface area (Å²) < 4.78 is 0. The zero-order valence-electron chi connectivity index (χ0n) is 17.7. The van der Waals surface area contributed by atoms with Gasteiger partial charge < -0.3 is 10.2 Å². The summed E-state index contributed by atoms with van der Waals surface area (Å²) in [5.74, 6) is 0.929. The minimum atomic E-state index is 0.221. The molecule has 0 spiro atoms. The summed E-state index contributed by atoms with van der Waals surface area (Å²) in [5, 5.41) is 4.22. The molecule has 1 atom stereocenters. The van der Waals surface area contributed by atoms with E-state index < -0.39 is 0 Å². The number of nitrogens with zero attached hydrogens (tertiary/aromatic N) is 3. The Morgan fingerprint density at radius 2 is 1.77 bits per heavy atom. The molecule has 1 aliphatic carbocycles. The van der Waals surface area contributed by atoms with E-state index in [2.05, 4.69) is 65.4 Å². The summed E-state index contributed by atoms with van der Waals surface area (Å²) in [6.45, 7) is 8.56. The molecule has 1 aromatic heterocycles. The van der Waals surface area contributed by atoms with E-state index in [1.54, 1.807) is 0 Å². The van der Waals surface area contributed by atoms with Gasteiger partial charge in [-0.15, -0.1) is 0 Å². The van der Waals surface area contributed by atoms with Crippen LogP contribution in [-0.2, 0) is 6.42 Å². The number of hydrogen-bond donors (Lipinski definition) is 1. The molecule has 0 saturated heterocycles. The summed E-state index contributed by atoms with van der Waals surface area (Å²) in [6, 6.07) is 16.7. The number of aromatic nitrogens is 2. The fourth-order valence-electron chi connectivity index (χ4n) is 4.30. The van der Waals surface area contributed by atoms with Crippen molar-refractivity contribution in [1.29, 1.82) is 0 Å². The van der Waals surface area contributed by atoms with Crippen molar-refractivity contribution >= 4 is 17.5 Å². The number of nitrogens with one attached hydrogen (secondary N) is 1. The van der Waals surface area contributed by atoms with Crippen molar-refractivity contribution in [2.45, 2.75) is 32.6 Å². The SMILES string of the molecule is CCN(CC)CCCNc1ncc2c(n1)-c1ccccc1C(c1ccccc1Cl)C2. The molecule has 5 heteroatoms. The van der Waals surface area contributed by atoms with Gasteiger partial charge in [0, 0.05) is 29.2 Å². The second-order valence-corrected chi connectivity index (χ2v) is 8.15. The molecule has 1 heterocycles. The molecule has 1 N–H and O–H groups in total. The van der Waals surface area contributed by atoms with Crippen LogP contribution in [0.25, 0.3) is 11.3 Å². The van der Waals surface area contributed by atoms with Gasteiger partial charge in [0.15, 0.2) is 0 Å². The maximum Gasteiger partial charge on any atom is 0.223 e. The lowest BCUT2D eigenvalue weighted by molar-refractivity contribution is 0.303. The van der Waals surface area contributed by atoms with Crippen LogP contribution in [0.4, 0.5) is 5.95 Å². The predicted octanol–water partition coefficient (Wildman–Crippen LogP) is 5.63. The number of fused-ring (bicyclic) bond motifs is 3. The molecule has 30 heavy (non-hydrogen) atoms. The first-order valence-corrected chi connectivity index (χ1v) is 11.2. The van der Waals surface area contributed by atoms with Crippen LogP contribution in [0.2, 0.25) is 5.02 Å². The molecular formula is C25H29ClN4. The molecule has 4 nitrogen and oxygen atoms in total. The van der Waals surface area contributed by atoms with Crippen molar-refractivity contribution in [2.75, 3.05) is 31.5 Å². The van der Waals surface area contributed by atoms with E-state index in [9.17, 15) is 0 Å². The third kappa shape index (κ3) is 4.35. The van der Waals surface area contributed by atoms with Gasteiger partial charge in [0.1, 0.15) is 0 Å². The number of halogens is 1.